The average Bonchev–Trinajstić information content (AvgIpc) is 3.73. The van der Waals surface area contributed by atoms with Crippen LogP contribution in [0.2, 0.25) is 0 Å². The molecule has 3 fully saturated rings. The number of azide groups is 1. The SMILES string of the molecule is COC1(OC)COC2C(N=[N+]=[N-])CN(C(=O)C(CNC(=O)c3ccc(-c4csc(N5CCN(C)CC5)n4)cc3)C(C)(C)F)C21. The minimum atomic E-state index is -1.99. The summed E-state index contributed by atoms with van der Waals surface area (Å²) in [5, 5.41) is 9.53. The summed E-state index contributed by atoms with van der Waals surface area (Å²) in [7, 11) is 4.98. The van der Waals surface area contributed by atoms with E-state index in [1.165, 1.54) is 33.0 Å². The largest absolute Gasteiger partial charge is 0.370 e. The first kappa shape index (κ1) is 32.1. The number of hydrogen-bond donors (Lipinski definition) is 1. The second-order valence-corrected chi connectivity index (χ2v) is 12.7. The molecule has 1 N–H and O–H groups in total. The number of rotatable bonds is 10. The van der Waals surface area contributed by atoms with E-state index in [-0.39, 0.29) is 19.7 Å². The van der Waals surface area contributed by atoms with E-state index in [2.05, 4.69) is 32.2 Å². The molecule has 0 bridgehead atoms. The molecule has 4 unspecified atom stereocenters. The Labute approximate surface area is 259 Å². The van der Waals surface area contributed by atoms with Crippen LogP contribution in [0, 0.1) is 5.92 Å². The van der Waals surface area contributed by atoms with E-state index in [1.54, 1.807) is 23.5 Å². The maximum Gasteiger partial charge on any atom is 0.251 e. The number of piperazine rings is 1. The van der Waals surface area contributed by atoms with Crippen LogP contribution in [0.4, 0.5) is 9.52 Å². The third kappa shape index (κ3) is 6.25. The molecule has 3 aliphatic heterocycles. The van der Waals surface area contributed by atoms with Gasteiger partial charge in [-0.25, -0.2) is 9.37 Å². The van der Waals surface area contributed by atoms with Crippen molar-refractivity contribution < 1.29 is 28.2 Å². The van der Waals surface area contributed by atoms with Crippen LogP contribution in [0.5, 0.6) is 0 Å². The molecule has 0 saturated carbocycles. The summed E-state index contributed by atoms with van der Waals surface area (Å²) in [4.78, 5) is 40.7. The maximum absolute atomic E-state index is 15.6. The Morgan fingerprint density at radius 3 is 2.55 bits per heavy atom. The van der Waals surface area contributed by atoms with Gasteiger partial charge in [-0.15, -0.1) is 11.3 Å². The highest BCUT2D eigenvalue weighted by atomic mass is 32.1. The number of likely N-dealkylation sites (tertiary alicyclic amines) is 1. The summed E-state index contributed by atoms with van der Waals surface area (Å²) in [6, 6.07) is 5.56. The number of carbonyl (C=O) groups excluding carboxylic acids is 2. The highest BCUT2D eigenvalue weighted by molar-refractivity contribution is 7.14. The molecule has 3 aliphatic rings. The van der Waals surface area contributed by atoms with Gasteiger partial charge in [-0.1, -0.05) is 17.2 Å². The van der Waals surface area contributed by atoms with Gasteiger partial charge >= 0.3 is 0 Å². The van der Waals surface area contributed by atoms with Crippen LogP contribution in [0.15, 0.2) is 34.8 Å². The van der Waals surface area contributed by atoms with Crippen molar-refractivity contribution in [1.29, 1.82) is 0 Å². The lowest BCUT2D eigenvalue weighted by molar-refractivity contribution is -0.228. The Morgan fingerprint density at radius 2 is 1.93 bits per heavy atom. The minimum Gasteiger partial charge on any atom is -0.370 e. The number of halogens is 1. The number of thiazole rings is 1. The molecule has 5 rings (SSSR count). The van der Waals surface area contributed by atoms with Crippen molar-refractivity contribution in [3.8, 4) is 11.3 Å². The number of hydrogen-bond acceptors (Lipinski definition) is 10. The number of aromatic nitrogens is 1. The Hall–Kier alpha value is -3.33. The van der Waals surface area contributed by atoms with E-state index >= 15 is 4.39 Å². The molecule has 0 aliphatic carbocycles. The lowest BCUT2D eigenvalue weighted by Gasteiger charge is -2.38. The van der Waals surface area contributed by atoms with Gasteiger partial charge in [0, 0.05) is 74.9 Å². The lowest BCUT2D eigenvalue weighted by atomic mass is 9.90. The number of fused-ring (bicyclic) bond motifs is 1. The molecule has 1 aromatic carbocycles. The van der Waals surface area contributed by atoms with Gasteiger partial charge in [0.25, 0.3) is 5.91 Å². The van der Waals surface area contributed by atoms with E-state index in [0.717, 1.165) is 42.6 Å². The fraction of sp³-hybridized carbons (Fsp3) is 0.621. The smallest absolute Gasteiger partial charge is 0.251 e. The van der Waals surface area contributed by atoms with Gasteiger partial charge in [0.15, 0.2) is 5.13 Å². The monoisotopic (exact) mass is 630 g/mol. The van der Waals surface area contributed by atoms with Gasteiger partial charge in [0.2, 0.25) is 11.7 Å². The molecule has 4 atom stereocenters. The fourth-order valence-corrected chi connectivity index (χ4v) is 6.97. The molecule has 15 heteroatoms. The number of nitrogens with zero attached hydrogens (tertiary/aromatic N) is 7. The number of amides is 2. The van der Waals surface area contributed by atoms with Crippen molar-refractivity contribution in [2.45, 2.75) is 43.5 Å². The number of ether oxygens (including phenoxy) is 3. The van der Waals surface area contributed by atoms with E-state index < -0.39 is 47.4 Å². The third-order valence-corrected chi connectivity index (χ3v) is 9.72. The van der Waals surface area contributed by atoms with Crippen molar-refractivity contribution >= 4 is 28.3 Å². The van der Waals surface area contributed by atoms with Crippen LogP contribution in [-0.4, -0.2) is 123 Å². The number of carbonyl (C=O) groups is 2. The first-order chi connectivity index (χ1) is 21.0. The minimum absolute atomic E-state index is 0.00181. The Bertz CT molecular complexity index is 1380. The number of methoxy groups -OCH3 is 2. The number of anilines is 1. The topological polar surface area (TPSA) is 145 Å². The molecule has 2 amide bonds. The van der Waals surface area contributed by atoms with Crippen LogP contribution < -0.4 is 10.2 Å². The number of likely N-dealkylation sites (N-methyl/N-ethyl adjacent to an activating group) is 1. The Balaban J connectivity index is 1.26. The second kappa shape index (κ2) is 13.0. The summed E-state index contributed by atoms with van der Waals surface area (Å²) in [6.07, 6.45) is -0.679. The lowest BCUT2D eigenvalue weighted by Crippen LogP contribution is -2.58. The second-order valence-electron chi connectivity index (χ2n) is 11.9. The quantitative estimate of drug-likeness (QED) is 0.183. The normalized spacial score (nSPS) is 24.1. The molecule has 3 saturated heterocycles. The number of nitrogens with one attached hydrogen (secondary N) is 1. The summed E-state index contributed by atoms with van der Waals surface area (Å²) in [5.41, 5.74) is 9.18. The zero-order valence-electron chi connectivity index (χ0n) is 25.6. The fourth-order valence-electron chi connectivity index (χ4n) is 6.09. The number of alkyl halides is 1. The molecular weight excluding hydrogens is 591 g/mol. The van der Waals surface area contributed by atoms with Gasteiger partial charge < -0.3 is 34.2 Å². The van der Waals surface area contributed by atoms with Crippen LogP contribution in [-0.2, 0) is 19.0 Å². The van der Waals surface area contributed by atoms with Gasteiger partial charge in [0.05, 0.1) is 23.8 Å². The molecule has 0 radical (unpaired) electrons. The van der Waals surface area contributed by atoms with Crippen molar-refractivity contribution in [3.63, 3.8) is 0 Å². The zero-order valence-corrected chi connectivity index (χ0v) is 26.4. The molecular formula is C29H39FN8O5S. The van der Waals surface area contributed by atoms with Crippen LogP contribution >= 0.6 is 11.3 Å². The maximum atomic E-state index is 15.6. The Kier molecular flexibility index (Phi) is 9.44. The highest BCUT2D eigenvalue weighted by Crippen LogP contribution is 2.41. The van der Waals surface area contributed by atoms with E-state index in [9.17, 15) is 9.59 Å². The Morgan fingerprint density at radius 1 is 1.25 bits per heavy atom. The summed E-state index contributed by atoms with van der Waals surface area (Å²) in [6.45, 7) is 6.20. The van der Waals surface area contributed by atoms with Crippen molar-refractivity contribution in [2.24, 2.45) is 11.0 Å². The van der Waals surface area contributed by atoms with Crippen LogP contribution in [0.1, 0.15) is 24.2 Å². The van der Waals surface area contributed by atoms with Crippen molar-refractivity contribution in [1.82, 2.24) is 20.1 Å². The average molecular weight is 631 g/mol. The molecule has 2 aromatic rings. The molecule has 238 valence electrons. The van der Waals surface area contributed by atoms with Gasteiger partial charge in [0.1, 0.15) is 18.3 Å². The molecule has 0 spiro atoms. The first-order valence-electron chi connectivity index (χ1n) is 14.5. The molecule has 44 heavy (non-hydrogen) atoms. The summed E-state index contributed by atoms with van der Waals surface area (Å²) < 4.78 is 32.6. The molecule has 4 heterocycles. The predicted octanol–water partition coefficient (Wildman–Crippen LogP) is 2.93. The van der Waals surface area contributed by atoms with E-state index in [1.807, 2.05) is 17.5 Å². The summed E-state index contributed by atoms with van der Waals surface area (Å²) in [5.74, 6) is -3.55. The predicted molar refractivity (Wildman–Crippen MR) is 163 cm³/mol. The van der Waals surface area contributed by atoms with Crippen molar-refractivity contribution in [2.75, 3.05) is 72.0 Å². The van der Waals surface area contributed by atoms with E-state index in [0.29, 0.717) is 5.56 Å². The molecule has 13 nitrogen and oxygen atoms in total. The molecule has 1 aromatic heterocycles. The van der Waals surface area contributed by atoms with Gasteiger partial charge in [-0.3, -0.25) is 9.59 Å². The highest BCUT2D eigenvalue weighted by Gasteiger charge is 2.62. The third-order valence-electron chi connectivity index (χ3n) is 8.81. The van der Waals surface area contributed by atoms with Gasteiger partial charge in [-0.2, -0.15) is 0 Å². The van der Waals surface area contributed by atoms with Crippen molar-refractivity contribution in [3.05, 3.63) is 45.7 Å². The summed E-state index contributed by atoms with van der Waals surface area (Å²) >= 11 is 1.60. The van der Waals surface area contributed by atoms with Crippen LogP contribution in [0.25, 0.3) is 21.7 Å². The number of benzene rings is 1. The first-order valence-corrected chi connectivity index (χ1v) is 15.4. The van der Waals surface area contributed by atoms with Crippen LogP contribution in [0.3, 0.4) is 0 Å². The zero-order chi connectivity index (χ0) is 31.6. The van der Waals surface area contributed by atoms with E-state index in [4.69, 9.17) is 24.7 Å². The standard InChI is InChI=1S/C29H39FN8O5S/c1-28(2,30)20(26(40)38-15-21(34-35-31)23-24(38)29(41-4,42-5)17-43-23)14-32-25(39)19-8-6-18(7-9-19)22-16-44-27(33-22)37-12-10-36(3)11-13-37/h6-9,16,20-21,23-24H,10-15,17H2,1-5H3,(H,32,39). The van der Waals surface area contributed by atoms with Gasteiger partial charge in [-0.05, 0) is 38.6 Å².